The van der Waals surface area contributed by atoms with E-state index in [0.717, 1.165) is 38.2 Å². The number of ether oxygens (including phenoxy) is 1. The first-order valence-corrected chi connectivity index (χ1v) is 7.87. The van der Waals surface area contributed by atoms with E-state index < -0.39 is 0 Å². The van der Waals surface area contributed by atoms with Crippen molar-refractivity contribution >= 4 is 22.6 Å². The molecule has 7 nitrogen and oxygen atoms in total. The molecule has 124 valence electrons. The fraction of sp³-hybridized carbons (Fsp3) is 0.500. The third kappa shape index (κ3) is 4.00. The van der Waals surface area contributed by atoms with Crippen molar-refractivity contribution < 1.29 is 9.53 Å². The third-order valence-electron chi connectivity index (χ3n) is 4.23. The molecule has 2 aromatic rings. The number of imidazole rings is 1. The molecule has 0 spiro atoms. The molecule has 1 aliphatic rings. The van der Waals surface area contributed by atoms with Gasteiger partial charge >= 0.3 is 5.69 Å². The SMILES string of the molecule is COCC1CCN(CCC(=O)Nc2ccc3[nH]c(=O)[nH]c3c2)C1. The van der Waals surface area contributed by atoms with Gasteiger partial charge in [-0.25, -0.2) is 4.79 Å². The van der Waals surface area contributed by atoms with Gasteiger partial charge in [-0.3, -0.25) is 4.79 Å². The smallest absolute Gasteiger partial charge is 0.323 e. The summed E-state index contributed by atoms with van der Waals surface area (Å²) in [5.74, 6) is 0.563. The summed E-state index contributed by atoms with van der Waals surface area (Å²) in [5.41, 5.74) is 1.86. The van der Waals surface area contributed by atoms with Crippen LogP contribution < -0.4 is 11.0 Å². The van der Waals surface area contributed by atoms with Gasteiger partial charge in [0.2, 0.25) is 5.91 Å². The summed E-state index contributed by atoms with van der Waals surface area (Å²) in [7, 11) is 1.73. The van der Waals surface area contributed by atoms with Crippen LogP contribution in [0.1, 0.15) is 12.8 Å². The number of aromatic nitrogens is 2. The van der Waals surface area contributed by atoms with Crippen LogP contribution in [0.3, 0.4) is 0 Å². The van der Waals surface area contributed by atoms with Gasteiger partial charge < -0.3 is 24.9 Å². The Morgan fingerprint density at radius 3 is 3.04 bits per heavy atom. The second-order valence-electron chi connectivity index (χ2n) is 6.05. The van der Waals surface area contributed by atoms with Crippen LogP contribution in [0.25, 0.3) is 11.0 Å². The Morgan fingerprint density at radius 1 is 1.39 bits per heavy atom. The van der Waals surface area contributed by atoms with Crippen molar-refractivity contribution in [2.75, 3.05) is 38.7 Å². The Labute approximate surface area is 134 Å². The van der Waals surface area contributed by atoms with Gasteiger partial charge in [0.1, 0.15) is 0 Å². The number of carbonyl (C=O) groups excluding carboxylic acids is 1. The summed E-state index contributed by atoms with van der Waals surface area (Å²) in [4.78, 5) is 31.0. The van der Waals surface area contributed by atoms with Crippen molar-refractivity contribution in [3.8, 4) is 0 Å². The lowest BCUT2D eigenvalue weighted by molar-refractivity contribution is -0.116. The number of hydrogen-bond acceptors (Lipinski definition) is 4. The van der Waals surface area contributed by atoms with Gasteiger partial charge in [0.05, 0.1) is 17.6 Å². The summed E-state index contributed by atoms with van der Waals surface area (Å²) in [6.45, 7) is 3.57. The van der Waals surface area contributed by atoms with E-state index in [2.05, 4.69) is 20.2 Å². The number of aromatic amines is 2. The van der Waals surface area contributed by atoms with Crippen molar-refractivity contribution in [1.29, 1.82) is 0 Å². The number of hydrogen-bond donors (Lipinski definition) is 3. The van der Waals surface area contributed by atoms with Crippen LogP contribution in [0, 0.1) is 5.92 Å². The molecule has 0 aliphatic carbocycles. The average molecular weight is 318 g/mol. The van der Waals surface area contributed by atoms with Crippen molar-refractivity contribution in [1.82, 2.24) is 14.9 Å². The number of amides is 1. The molecule has 7 heteroatoms. The summed E-state index contributed by atoms with van der Waals surface area (Å²) < 4.78 is 5.18. The van der Waals surface area contributed by atoms with E-state index in [1.165, 1.54) is 0 Å². The monoisotopic (exact) mass is 318 g/mol. The lowest BCUT2D eigenvalue weighted by atomic mass is 10.1. The average Bonchev–Trinajstić information content (AvgIpc) is 3.10. The van der Waals surface area contributed by atoms with Crippen molar-refractivity contribution in [2.45, 2.75) is 12.8 Å². The van der Waals surface area contributed by atoms with Crippen LogP contribution in [0.4, 0.5) is 5.69 Å². The van der Waals surface area contributed by atoms with Crippen LogP contribution in [0.15, 0.2) is 23.0 Å². The zero-order chi connectivity index (χ0) is 16.2. The first kappa shape index (κ1) is 15.8. The van der Waals surface area contributed by atoms with Gasteiger partial charge in [-0.15, -0.1) is 0 Å². The van der Waals surface area contributed by atoms with Gasteiger partial charge in [0, 0.05) is 32.3 Å². The standard InChI is InChI=1S/C16H22N4O3/c1-23-10-11-4-6-20(9-11)7-5-15(21)17-12-2-3-13-14(8-12)19-16(22)18-13/h2-3,8,11H,4-7,9-10H2,1H3,(H,17,21)(H2,18,19,22). The van der Waals surface area contributed by atoms with E-state index in [4.69, 9.17) is 4.74 Å². The zero-order valence-corrected chi connectivity index (χ0v) is 13.2. The molecule has 2 heterocycles. The van der Waals surface area contributed by atoms with Crippen molar-refractivity contribution in [3.63, 3.8) is 0 Å². The first-order chi connectivity index (χ1) is 11.1. The largest absolute Gasteiger partial charge is 0.384 e. The fourth-order valence-corrected chi connectivity index (χ4v) is 3.08. The van der Waals surface area contributed by atoms with Crippen LogP contribution in [-0.4, -0.2) is 54.1 Å². The molecule has 0 saturated carbocycles. The molecule has 1 aromatic heterocycles. The molecule has 0 radical (unpaired) electrons. The Balaban J connectivity index is 1.49. The highest BCUT2D eigenvalue weighted by atomic mass is 16.5. The predicted octanol–water partition coefficient (Wildman–Crippen LogP) is 1.15. The highest BCUT2D eigenvalue weighted by Crippen LogP contribution is 2.17. The van der Waals surface area contributed by atoms with E-state index in [1.807, 2.05) is 0 Å². The Hall–Kier alpha value is -2.12. The van der Waals surface area contributed by atoms with Crippen molar-refractivity contribution in [3.05, 3.63) is 28.7 Å². The maximum absolute atomic E-state index is 12.1. The molecule has 1 atom stereocenters. The molecular formula is C16H22N4O3. The quantitative estimate of drug-likeness (QED) is 0.745. The van der Waals surface area contributed by atoms with E-state index in [1.54, 1.807) is 25.3 Å². The topological polar surface area (TPSA) is 90.2 Å². The van der Waals surface area contributed by atoms with Crippen molar-refractivity contribution in [2.24, 2.45) is 5.92 Å². The number of nitrogens with one attached hydrogen (secondary N) is 3. The lowest BCUT2D eigenvalue weighted by Crippen LogP contribution is -2.26. The van der Waals surface area contributed by atoms with Crippen LogP contribution in [0.5, 0.6) is 0 Å². The van der Waals surface area contributed by atoms with Crippen LogP contribution in [-0.2, 0) is 9.53 Å². The molecule has 1 aliphatic heterocycles. The van der Waals surface area contributed by atoms with Gasteiger partial charge in [0.15, 0.2) is 0 Å². The molecule has 1 aromatic carbocycles. The summed E-state index contributed by atoms with van der Waals surface area (Å²) in [6, 6.07) is 5.32. The van der Waals surface area contributed by atoms with Crippen LogP contribution >= 0.6 is 0 Å². The van der Waals surface area contributed by atoms with Gasteiger partial charge in [-0.1, -0.05) is 0 Å². The number of nitrogens with zero attached hydrogens (tertiary/aromatic N) is 1. The molecular weight excluding hydrogens is 296 g/mol. The highest BCUT2D eigenvalue weighted by Gasteiger charge is 2.22. The Bertz CT molecular complexity index is 736. The maximum atomic E-state index is 12.1. The molecule has 1 saturated heterocycles. The minimum absolute atomic E-state index is 0.0163. The molecule has 0 bridgehead atoms. The number of fused-ring (bicyclic) bond motifs is 1. The first-order valence-electron chi connectivity index (χ1n) is 7.87. The summed E-state index contributed by atoms with van der Waals surface area (Å²) in [6.07, 6.45) is 1.59. The summed E-state index contributed by atoms with van der Waals surface area (Å²) in [5, 5.41) is 2.88. The number of rotatable bonds is 6. The van der Waals surface area contributed by atoms with Crippen LogP contribution in [0.2, 0.25) is 0 Å². The van der Waals surface area contributed by atoms with Gasteiger partial charge in [0.25, 0.3) is 0 Å². The number of H-pyrrole nitrogens is 2. The minimum Gasteiger partial charge on any atom is -0.384 e. The number of likely N-dealkylation sites (tertiary alicyclic amines) is 1. The predicted molar refractivity (Wildman–Crippen MR) is 88.6 cm³/mol. The van der Waals surface area contributed by atoms with E-state index in [0.29, 0.717) is 23.5 Å². The van der Waals surface area contributed by atoms with E-state index in [-0.39, 0.29) is 11.6 Å². The number of benzene rings is 1. The van der Waals surface area contributed by atoms with E-state index in [9.17, 15) is 9.59 Å². The van der Waals surface area contributed by atoms with Gasteiger partial charge in [-0.2, -0.15) is 0 Å². The molecule has 1 amide bonds. The highest BCUT2D eigenvalue weighted by molar-refractivity contribution is 5.93. The molecule has 1 unspecified atom stereocenters. The molecule has 3 rings (SSSR count). The second-order valence-corrected chi connectivity index (χ2v) is 6.05. The Morgan fingerprint density at radius 2 is 2.22 bits per heavy atom. The number of anilines is 1. The molecule has 1 fully saturated rings. The van der Waals surface area contributed by atoms with E-state index >= 15 is 0 Å². The fourth-order valence-electron chi connectivity index (χ4n) is 3.08. The lowest BCUT2D eigenvalue weighted by Gasteiger charge is -2.15. The molecule has 23 heavy (non-hydrogen) atoms. The molecule has 3 N–H and O–H groups in total. The normalized spacial score (nSPS) is 18.6. The third-order valence-corrected chi connectivity index (χ3v) is 4.23. The number of methoxy groups -OCH3 is 1. The Kier molecular flexibility index (Phi) is 4.78. The summed E-state index contributed by atoms with van der Waals surface area (Å²) >= 11 is 0. The number of carbonyl (C=O) groups is 1. The maximum Gasteiger partial charge on any atom is 0.323 e. The minimum atomic E-state index is -0.247. The second kappa shape index (κ2) is 6.97. The van der Waals surface area contributed by atoms with Gasteiger partial charge in [-0.05, 0) is 37.1 Å². The zero-order valence-electron chi connectivity index (χ0n) is 13.2.